The van der Waals surface area contributed by atoms with E-state index in [1.807, 2.05) is 6.07 Å². The van der Waals surface area contributed by atoms with Gasteiger partial charge >= 0.3 is 0 Å². The maximum Gasteiger partial charge on any atom is 0.293 e. The number of hydrogen-bond acceptors (Lipinski definition) is 8. The number of rotatable bonds is 5. The molecule has 0 unspecified atom stereocenters. The van der Waals surface area contributed by atoms with Gasteiger partial charge in [0.05, 0.1) is 11.1 Å². The summed E-state index contributed by atoms with van der Waals surface area (Å²) in [6.45, 7) is 5.60. The van der Waals surface area contributed by atoms with Crippen LogP contribution in [-0.4, -0.2) is 39.1 Å². The van der Waals surface area contributed by atoms with Gasteiger partial charge in [0.25, 0.3) is 11.6 Å². The van der Waals surface area contributed by atoms with Crippen molar-refractivity contribution >= 4 is 23.5 Å². The summed E-state index contributed by atoms with van der Waals surface area (Å²) in [5, 5.41) is 23.2. The van der Waals surface area contributed by atoms with Crippen molar-refractivity contribution in [1.29, 1.82) is 0 Å². The molecule has 1 aromatic carbocycles. The number of nitro benzene ring substituents is 1. The van der Waals surface area contributed by atoms with Crippen LogP contribution >= 0.6 is 0 Å². The lowest BCUT2D eigenvalue weighted by molar-refractivity contribution is -0.384. The van der Waals surface area contributed by atoms with E-state index in [2.05, 4.69) is 32.5 Å². The zero-order valence-corrected chi connectivity index (χ0v) is 14.8. The van der Waals surface area contributed by atoms with Gasteiger partial charge in [0.1, 0.15) is 5.69 Å². The number of nitrogens with zero attached hydrogens (tertiary/aromatic N) is 6. The molecule has 2 heterocycles. The standard InChI is InChI=1S/C16H22N8O2/c1-11-5-7-22(8-6-11)14-4-3-13(9-15(14)24(25)26)10-18-20-16-21-19-12(2)23(16)17/h3-4,9-11H,5-8,17H2,1-2H3,(H,20,21)/b18-10-. The zero-order valence-electron chi connectivity index (χ0n) is 14.8. The number of nitrogens with two attached hydrogens (primary N) is 1. The maximum absolute atomic E-state index is 11.5. The van der Waals surface area contributed by atoms with Crippen molar-refractivity contribution in [3.05, 3.63) is 39.7 Å². The van der Waals surface area contributed by atoms with Crippen LogP contribution in [0.15, 0.2) is 23.3 Å². The van der Waals surface area contributed by atoms with Crippen LogP contribution in [0.2, 0.25) is 0 Å². The predicted octanol–water partition coefficient (Wildman–Crippen LogP) is 1.89. The van der Waals surface area contributed by atoms with Crippen molar-refractivity contribution in [3.8, 4) is 0 Å². The van der Waals surface area contributed by atoms with E-state index in [-0.39, 0.29) is 16.6 Å². The first kappa shape index (κ1) is 17.6. The summed E-state index contributed by atoms with van der Waals surface area (Å²) < 4.78 is 1.26. The highest BCUT2D eigenvalue weighted by Crippen LogP contribution is 2.32. The minimum absolute atomic E-state index is 0.0846. The molecule has 0 atom stereocenters. The molecule has 3 rings (SSSR count). The molecule has 10 nitrogen and oxygen atoms in total. The highest BCUT2D eigenvalue weighted by atomic mass is 16.6. The number of benzene rings is 1. The first-order chi connectivity index (χ1) is 12.5. The Bertz CT molecular complexity index is 824. The summed E-state index contributed by atoms with van der Waals surface area (Å²) in [6, 6.07) is 5.12. The Balaban J connectivity index is 1.76. The highest BCUT2D eigenvalue weighted by molar-refractivity contribution is 5.83. The number of nitro groups is 1. The normalized spacial score (nSPS) is 15.5. The summed E-state index contributed by atoms with van der Waals surface area (Å²) in [5.41, 5.74) is 4.02. The number of nitrogens with one attached hydrogen (secondary N) is 1. The van der Waals surface area contributed by atoms with Gasteiger partial charge in [-0.1, -0.05) is 13.0 Å². The van der Waals surface area contributed by atoms with Crippen molar-refractivity contribution in [2.75, 3.05) is 29.3 Å². The second-order valence-corrected chi connectivity index (χ2v) is 6.49. The lowest BCUT2D eigenvalue weighted by Crippen LogP contribution is -2.33. The first-order valence-corrected chi connectivity index (χ1v) is 8.45. The second kappa shape index (κ2) is 7.38. The van der Waals surface area contributed by atoms with E-state index in [1.165, 1.54) is 17.0 Å². The third-order valence-corrected chi connectivity index (χ3v) is 4.56. The molecular formula is C16H22N8O2. The Hall–Kier alpha value is -3.17. The molecule has 0 bridgehead atoms. The summed E-state index contributed by atoms with van der Waals surface area (Å²) >= 11 is 0. The van der Waals surface area contributed by atoms with Crippen molar-refractivity contribution < 1.29 is 4.92 Å². The largest absolute Gasteiger partial charge is 0.366 e. The van der Waals surface area contributed by atoms with Crippen LogP contribution in [0.5, 0.6) is 0 Å². The number of piperidine rings is 1. The summed E-state index contributed by atoms with van der Waals surface area (Å²) in [5.74, 6) is 7.21. The van der Waals surface area contributed by atoms with Gasteiger partial charge in [0, 0.05) is 24.7 Å². The van der Waals surface area contributed by atoms with E-state index in [9.17, 15) is 10.1 Å². The van der Waals surface area contributed by atoms with Gasteiger partial charge in [-0.3, -0.25) is 10.1 Å². The van der Waals surface area contributed by atoms with Gasteiger partial charge in [0.15, 0.2) is 5.82 Å². The van der Waals surface area contributed by atoms with E-state index < -0.39 is 0 Å². The Kier molecular flexibility index (Phi) is 5.01. The molecule has 3 N–H and O–H groups in total. The Labute approximate surface area is 150 Å². The van der Waals surface area contributed by atoms with Gasteiger partial charge in [-0.15, -0.1) is 10.2 Å². The topological polar surface area (TPSA) is 128 Å². The minimum atomic E-state index is -0.349. The SMILES string of the molecule is Cc1nnc(N/N=C\c2ccc(N3CCC(C)CC3)c([N+](=O)[O-])c2)n1N. The molecule has 10 heteroatoms. The number of anilines is 2. The molecule has 0 saturated carbocycles. The minimum Gasteiger partial charge on any atom is -0.366 e. The fourth-order valence-corrected chi connectivity index (χ4v) is 2.89. The molecule has 1 fully saturated rings. The molecule has 2 aromatic rings. The third kappa shape index (κ3) is 3.73. The van der Waals surface area contributed by atoms with Gasteiger partial charge < -0.3 is 10.7 Å². The average Bonchev–Trinajstić information content (AvgIpc) is 2.94. The van der Waals surface area contributed by atoms with Gasteiger partial charge in [-0.25, -0.2) is 10.1 Å². The fourth-order valence-electron chi connectivity index (χ4n) is 2.89. The number of hydrogen-bond donors (Lipinski definition) is 2. The van der Waals surface area contributed by atoms with E-state index in [1.54, 1.807) is 13.0 Å². The van der Waals surface area contributed by atoms with Crippen molar-refractivity contribution in [2.24, 2.45) is 11.0 Å². The molecule has 1 aliphatic heterocycles. The Morgan fingerprint density at radius 3 is 2.73 bits per heavy atom. The molecule has 0 aliphatic carbocycles. The molecule has 26 heavy (non-hydrogen) atoms. The molecule has 0 spiro atoms. The average molecular weight is 358 g/mol. The monoisotopic (exact) mass is 358 g/mol. The summed E-state index contributed by atoms with van der Waals surface area (Å²) in [6.07, 6.45) is 3.58. The van der Waals surface area contributed by atoms with Crippen LogP contribution < -0.4 is 16.2 Å². The summed E-state index contributed by atoms with van der Waals surface area (Å²) in [7, 11) is 0. The van der Waals surface area contributed by atoms with Crippen LogP contribution in [0.4, 0.5) is 17.3 Å². The van der Waals surface area contributed by atoms with Crippen LogP contribution in [0.3, 0.4) is 0 Å². The predicted molar refractivity (Wildman–Crippen MR) is 99.8 cm³/mol. The van der Waals surface area contributed by atoms with E-state index in [0.717, 1.165) is 25.9 Å². The van der Waals surface area contributed by atoms with E-state index >= 15 is 0 Å². The molecule has 1 aromatic heterocycles. The number of aryl methyl sites for hydroxylation is 1. The van der Waals surface area contributed by atoms with Crippen LogP contribution in [0.1, 0.15) is 31.2 Å². The fraction of sp³-hybridized carbons (Fsp3) is 0.438. The van der Waals surface area contributed by atoms with Crippen molar-refractivity contribution in [3.63, 3.8) is 0 Å². The van der Waals surface area contributed by atoms with Crippen LogP contribution in [-0.2, 0) is 0 Å². The second-order valence-electron chi connectivity index (χ2n) is 6.49. The first-order valence-electron chi connectivity index (χ1n) is 8.45. The van der Waals surface area contributed by atoms with Gasteiger partial charge in [-0.05, 0) is 31.7 Å². The van der Waals surface area contributed by atoms with E-state index in [0.29, 0.717) is 23.0 Å². The Morgan fingerprint density at radius 2 is 2.12 bits per heavy atom. The highest BCUT2D eigenvalue weighted by Gasteiger charge is 2.23. The summed E-state index contributed by atoms with van der Waals surface area (Å²) in [4.78, 5) is 13.2. The molecule has 138 valence electrons. The van der Waals surface area contributed by atoms with Gasteiger partial charge in [0.2, 0.25) is 0 Å². The third-order valence-electron chi connectivity index (χ3n) is 4.56. The van der Waals surface area contributed by atoms with Crippen molar-refractivity contribution in [2.45, 2.75) is 26.7 Å². The Morgan fingerprint density at radius 1 is 1.38 bits per heavy atom. The van der Waals surface area contributed by atoms with Crippen LogP contribution in [0, 0.1) is 23.0 Å². The van der Waals surface area contributed by atoms with Gasteiger partial charge in [-0.2, -0.15) is 5.10 Å². The number of hydrazone groups is 1. The quantitative estimate of drug-likeness (QED) is 0.361. The maximum atomic E-state index is 11.5. The molecule has 1 aliphatic rings. The van der Waals surface area contributed by atoms with E-state index in [4.69, 9.17) is 5.84 Å². The number of aromatic nitrogens is 3. The molecule has 0 amide bonds. The van der Waals surface area contributed by atoms with Crippen molar-refractivity contribution in [1.82, 2.24) is 14.9 Å². The zero-order chi connectivity index (χ0) is 18.7. The lowest BCUT2D eigenvalue weighted by Gasteiger charge is -2.31. The number of nitrogen functional groups attached to an aromatic ring is 1. The smallest absolute Gasteiger partial charge is 0.293 e. The molecule has 0 radical (unpaired) electrons. The molecule has 1 saturated heterocycles. The lowest BCUT2D eigenvalue weighted by atomic mass is 9.98. The van der Waals surface area contributed by atoms with Crippen LogP contribution in [0.25, 0.3) is 0 Å². The molecular weight excluding hydrogens is 336 g/mol.